The average Bonchev–Trinajstić information content (AvgIpc) is 3.23. The molecule has 32 heavy (non-hydrogen) atoms. The van der Waals surface area contributed by atoms with E-state index in [1.54, 1.807) is 31.2 Å². The van der Waals surface area contributed by atoms with E-state index in [4.69, 9.17) is 23.2 Å². The van der Waals surface area contributed by atoms with Crippen molar-refractivity contribution < 1.29 is 14.0 Å². The lowest BCUT2D eigenvalue weighted by Crippen LogP contribution is -2.60. The van der Waals surface area contributed by atoms with Crippen molar-refractivity contribution in [3.8, 4) is 0 Å². The number of hydrogen-bond acceptors (Lipinski definition) is 3. The second-order valence-corrected chi connectivity index (χ2v) is 10.0. The summed E-state index contributed by atoms with van der Waals surface area (Å²) in [4.78, 5) is 27.3. The number of benzene rings is 2. The second kappa shape index (κ2) is 7.82. The molecule has 0 bridgehead atoms. The number of Topliss-reactive ketones (excluding diaryl/α,β-unsaturated/α-hetero) is 1. The van der Waals surface area contributed by atoms with Crippen LogP contribution in [0.3, 0.4) is 0 Å². The maximum atomic E-state index is 15.5. The number of carbonyl (C=O) groups excluding carboxylic acids is 2. The zero-order valence-electron chi connectivity index (χ0n) is 17.8. The van der Waals surface area contributed by atoms with Crippen LogP contribution in [-0.4, -0.2) is 23.3 Å². The molecule has 0 radical (unpaired) electrons. The fourth-order valence-corrected chi connectivity index (χ4v) is 6.84. The summed E-state index contributed by atoms with van der Waals surface area (Å²) >= 11 is 12.4. The maximum absolute atomic E-state index is 15.5. The Bertz CT molecular complexity index is 1120. The van der Waals surface area contributed by atoms with Gasteiger partial charge < -0.3 is 5.32 Å². The Kier molecular flexibility index (Phi) is 5.35. The van der Waals surface area contributed by atoms with Crippen LogP contribution in [0.4, 0.5) is 10.1 Å². The number of anilines is 1. The average molecular weight is 475 g/mol. The summed E-state index contributed by atoms with van der Waals surface area (Å²) in [6.07, 6.45) is 4.68. The molecule has 3 atom stereocenters. The highest BCUT2D eigenvalue weighted by Gasteiger charge is 2.72. The fourth-order valence-electron chi connectivity index (χ4n) is 6.49. The van der Waals surface area contributed by atoms with Gasteiger partial charge in [0.15, 0.2) is 0 Å². The summed E-state index contributed by atoms with van der Waals surface area (Å²) in [6, 6.07) is 9.50. The third-order valence-electron chi connectivity index (χ3n) is 7.72. The summed E-state index contributed by atoms with van der Waals surface area (Å²) in [6.45, 7) is 1.80. The van der Waals surface area contributed by atoms with Crippen LogP contribution in [0.15, 0.2) is 36.4 Å². The van der Waals surface area contributed by atoms with Gasteiger partial charge in [-0.25, -0.2) is 4.39 Å². The van der Waals surface area contributed by atoms with E-state index in [9.17, 15) is 9.59 Å². The minimum absolute atomic E-state index is 0.0142. The molecule has 2 aromatic rings. The summed E-state index contributed by atoms with van der Waals surface area (Å²) in [5, 5.41) is 7.14. The van der Waals surface area contributed by atoms with Crippen molar-refractivity contribution in [3.63, 3.8) is 0 Å². The maximum Gasteiger partial charge on any atom is 0.237 e. The number of amides is 1. The summed E-state index contributed by atoms with van der Waals surface area (Å²) in [7, 11) is 0. The summed E-state index contributed by atoms with van der Waals surface area (Å²) in [5.74, 6) is -1.54. The number of nitrogens with one attached hydrogen (secondary N) is 2. The Morgan fingerprint density at radius 1 is 1.16 bits per heavy atom. The van der Waals surface area contributed by atoms with Gasteiger partial charge in [0.25, 0.3) is 0 Å². The number of ketones is 1. The highest BCUT2D eigenvalue weighted by Crippen LogP contribution is 2.62. The van der Waals surface area contributed by atoms with Crippen molar-refractivity contribution in [2.45, 2.75) is 68.4 Å². The second-order valence-electron chi connectivity index (χ2n) is 9.16. The third kappa shape index (κ3) is 2.84. The van der Waals surface area contributed by atoms with Crippen molar-refractivity contribution in [1.82, 2.24) is 5.32 Å². The Morgan fingerprint density at radius 2 is 1.91 bits per heavy atom. The Morgan fingerprint density at radius 3 is 2.62 bits per heavy atom. The first-order chi connectivity index (χ1) is 15.4. The Hall–Kier alpha value is -1.95. The van der Waals surface area contributed by atoms with E-state index in [0.717, 1.165) is 37.7 Å². The standard InChI is InChI=1S/C25H25Cl2FN2O2/c1-2-19(31)22-20(15-7-6-8-17(27)21(15)28)25(24(30-22)11-4-3-5-12-24)16-10-9-14(26)13-18(16)29-23(25)32/h6-10,13,20,22,30H,2-5,11-12H2,1H3,(H,29,32)/t20-,22-,25+/m0/s1. The predicted octanol–water partition coefficient (Wildman–Crippen LogP) is 5.76. The van der Waals surface area contributed by atoms with Crippen molar-refractivity contribution >= 4 is 40.6 Å². The van der Waals surface area contributed by atoms with Gasteiger partial charge in [0, 0.05) is 28.6 Å². The van der Waals surface area contributed by atoms with E-state index in [-0.39, 0.29) is 23.1 Å². The summed E-state index contributed by atoms with van der Waals surface area (Å²) < 4.78 is 15.5. The first kappa shape index (κ1) is 21.9. The molecule has 168 valence electrons. The molecule has 2 N–H and O–H groups in total. The molecule has 1 saturated carbocycles. The summed E-state index contributed by atoms with van der Waals surface area (Å²) in [5.41, 5.74) is -0.0990. The molecule has 2 heterocycles. The van der Waals surface area contributed by atoms with Crippen LogP contribution < -0.4 is 10.6 Å². The van der Waals surface area contributed by atoms with Gasteiger partial charge in [-0.15, -0.1) is 0 Å². The molecular weight excluding hydrogens is 450 g/mol. The van der Waals surface area contributed by atoms with Crippen molar-refractivity contribution in [2.75, 3.05) is 5.32 Å². The zero-order chi connectivity index (χ0) is 22.7. The highest BCUT2D eigenvalue weighted by atomic mass is 35.5. The lowest BCUT2D eigenvalue weighted by atomic mass is 9.55. The smallest absolute Gasteiger partial charge is 0.237 e. The van der Waals surface area contributed by atoms with Gasteiger partial charge in [0.2, 0.25) is 5.91 Å². The third-order valence-corrected chi connectivity index (χ3v) is 8.25. The van der Waals surface area contributed by atoms with Gasteiger partial charge >= 0.3 is 0 Å². The van der Waals surface area contributed by atoms with E-state index < -0.39 is 28.7 Å². The van der Waals surface area contributed by atoms with Gasteiger partial charge in [-0.3, -0.25) is 14.9 Å². The normalized spacial score (nSPS) is 28.2. The zero-order valence-corrected chi connectivity index (χ0v) is 19.3. The fraction of sp³-hybridized carbons (Fsp3) is 0.440. The van der Waals surface area contributed by atoms with Gasteiger partial charge in [-0.05, 0) is 42.2 Å². The molecule has 1 saturated heterocycles. The van der Waals surface area contributed by atoms with Crippen molar-refractivity contribution in [2.24, 2.45) is 0 Å². The lowest BCUT2D eigenvalue weighted by Gasteiger charge is -2.47. The van der Waals surface area contributed by atoms with Crippen LogP contribution in [0.5, 0.6) is 0 Å². The number of carbonyl (C=O) groups is 2. The van der Waals surface area contributed by atoms with Crippen LogP contribution in [0, 0.1) is 5.82 Å². The van der Waals surface area contributed by atoms with E-state index in [1.165, 1.54) is 6.07 Å². The van der Waals surface area contributed by atoms with Crippen LogP contribution in [0.2, 0.25) is 10.0 Å². The number of halogens is 3. The predicted molar refractivity (Wildman–Crippen MR) is 124 cm³/mol. The molecule has 2 fully saturated rings. The van der Waals surface area contributed by atoms with Gasteiger partial charge in [0.1, 0.15) is 17.0 Å². The van der Waals surface area contributed by atoms with Crippen molar-refractivity contribution in [1.29, 1.82) is 0 Å². The monoisotopic (exact) mass is 474 g/mol. The van der Waals surface area contributed by atoms with E-state index in [2.05, 4.69) is 10.6 Å². The minimum Gasteiger partial charge on any atom is -0.325 e. The molecule has 0 unspecified atom stereocenters. The van der Waals surface area contributed by atoms with Gasteiger partial charge in [-0.1, -0.05) is 67.6 Å². The topological polar surface area (TPSA) is 58.2 Å². The van der Waals surface area contributed by atoms with Crippen LogP contribution in [0.25, 0.3) is 0 Å². The Labute approximate surface area is 196 Å². The molecule has 2 aromatic carbocycles. The molecule has 1 aliphatic carbocycles. The lowest BCUT2D eigenvalue weighted by molar-refractivity contribution is -0.124. The molecule has 2 spiro atoms. The van der Waals surface area contributed by atoms with Gasteiger partial charge in [0.05, 0.1) is 11.1 Å². The van der Waals surface area contributed by atoms with Crippen LogP contribution in [0.1, 0.15) is 62.5 Å². The molecule has 4 nitrogen and oxygen atoms in total. The van der Waals surface area contributed by atoms with E-state index in [1.807, 2.05) is 6.07 Å². The Balaban J connectivity index is 1.85. The molecule has 3 aliphatic rings. The van der Waals surface area contributed by atoms with E-state index in [0.29, 0.717) is 16.3 Å². The van der Waals surface area contributed by atoms with Gasteiger partial charge in [-0.2, -0.15) is 0 Å². The molecule has 5 rings (SSSR count). The molecule has 2 aliphatic heterocycles. The molecule has 0 aromatic heterocycles. The molecule has 1 amide bonds. The first-order valence-electron chi connectivity index (χ1n) is 11.2. The number of hydrogen-bond donors (Lipinski definition) is 2. The largest absolute Gasteiger partial charge is 0.325 e. The molecule has 7 heteroatoms. The molecular formula is C25H25Cl2FN2O2. The van der Waals surface area contributed by atoms with Crippen LogP contribution in [-0.2, 0) is 15.0 Å². The minimum atomic E-state index is -1.14. The van der Waals surface area contributed by atoms with Crippen LogP contribution >= 0.6 is 23.2 Å². The first-order valence-corrected chi connectivity index (χ1v) is 12.0. The number of rotatable bonds is 3. The van der Waals surface area contributed by atoms with Crippen molar-refractivity contribution in [3.05, 3.63) is 63.4 Å². The van der Waals surface area contributed by atoms with E-state index >= 15 is 4.39 Å². The SMILES string of the molecule is CCC(=O)[C@@H]1NC2(CCCCC2)[C@@]2(C(=O)Nc3cc(Cl)ccc32)[C@H]1c1cccc(Cl)c1F. The number of fused-ring (bicyclic) bond motifs is 3. The highest BCUT2D eigenvalue weighted by molar-refractivity contribution is 6.31. The quantitative estimate of drug-likeness (QED) is 0.594.